The summed E-state index contributed by atoms with van der Waals surface area (Å²) in [5.41, 5.74) is 0. The fourth-order valence-corrected chi connectivity index (χ4v) is 2.21. The molecule has 1 aromatic heterocycles. The van der Waals surface area contributed by atoms with Crippen molar-refractivity contribution in [2.24, 2.45) is 0 Å². The lowest BCUT2D eigenvalue weighted by atomic mass is 10.4. The maximum atomic E-state index is 2.39. The lowest BCUT2D eigenvalue weighted by molar-refractivity contribution is 1.19. The van der Waals surface area contributed by atoms with Gasteiger partial charge in [-0.1, -0.05) is 29.5 Å². The van der Waals surface area contributed by atoms with E-state index in [4.69, 9.17) is 0 Å². The third-order valence-corrected chi connectivity index (χ3v) is 3.77. The summed E-state index contributed by atoms with van der Waals surface area (Å²) in [7, 11) is 0. The first-order valence-corrected chi connectivity index (χ1v) is 5.34. The molecule has 2 heteroatoms. The van der Waals surface area contributed by atoms with Gasteiger partial charge in [0.1, 0.15) is 0 Å². The molecule has 0 bridgehead atoms. The monoisotopic (exact) mass is 252 g/mol. The maximum Gasteiger partial charge on any atom is 0.0341 e. The summed E-state index contributed by atoms with van der Waals surface area (Å²) < 4.78 is 1.16. The lowest BCUT2D eigenvalue weighted by Gasteiger charge is -1.83. The number of hydrogen-bond donors (Lipinski definition) is 0. The molecular weight excluding hydrogens is 243 g/mol. The molecule has 0 aromatic carbocycles. The van der Waals surface area contributed by atoms with Gasteiger partial charge in [0.2, 0.25) is 0 Å². The number of rotatable bonds is 2. The van der Waals surface area contributed by atoms with Crippen molar-refractivity contribution in [3.8, 4) is 0 Å². The molecular formula is C7H9IS. The molecule has 0 N–H and O–H groups in total. The highest BCUT2D eigenvalue weighted by Crippen LogP contribution is 2.18. The molecule has 1 rings (SSSR count). The van der Waals surface area contributed by atoms with Gasteiger partial charge >= 0.3 is 0 Å². The van der Waals surface area contributed by atoms with Crippen LogP contribution in [0.3, 0.4) is 0 Å². The first-order valence-electron chi connectivity index (χ1n) is 3.00. The number of alkyl halides is 1. The van der Waals surface area contributed by atoms with Crippen LogP contribution in [0.15, 0.2) is 12.1 Å². The van der Waals surface area contributed by atoms with E-state index in [2.05, 4.69) is 41.6 Å². The van der Waals surface area contributed by atoms with E-state index in [0.29, 0.717) is 0 Å². The van der Waals surface area contributed by atoms with Crippen LogP contribution in [0.4, 0.5) is 0 Å². The van der Waals surface area contributed by atoms with E-state index in [1.807, 2.05) is 11.3 Å². The second-order valence-corrected chi connectivity index (χ2v) is 3.87. The van der Waals surface area contributed by atoms with E-state index < -0.39 is 0 Å². The second-order valence-electron chi connectivity index (χ2n) is 1.86. The van der Waals surface area contributed by atoms with Gasteiger partial charge in [-0.15, -0.1) is 11.3 Å². The van der Waals surface area contributed by atoms with E-state index in [1.54, 1.807) is 0 Å². The quantitative estimate of drug-likeness (QED) is 0.560. The fourth-order valence-electron chi connectivity index (χ4n) is 0.684. The molecule has 1 aromatic rings. The zero-order chi connectivity index (χ0) is 6.69. The molecule has 0 amide bonds. The molecule has 0 aliphatic heterocycles. The molecule has 1 heterocycles. The Morgan fingerprint density at radius 1 is 1.44 bits per heavy atom. The number of halogens is 1. The molecule has 0 radical (unpaired) electrons. The van der Waals surface area contributed by atoms with Crippen molar-refractivity contribution in [3.05, 3.63) is 21.9 Å². The third-order valence-electron chi connectivity index (χ3n) is 1.20. The number of thiophene rings is 1. The van der Waals surface area contributed by atoms with Crippen molar-refractivity contribution < 1.29 is 0 Å². The molecule has 0 spiro atoms. The molecule has 0 atom stereocenters. The van der Waals surface area contributed by atoms with Crippen LogP contribution in [-0.4, -0.2) is 0 Å². The molecule has 9 heavy (non-hydrogen) atoms. The van der Waals surface area contributed by atoms with Crippen LogP contribution in [0, 0.1) is 0 Å². The summed E-state index contributed by atoms with van der Waals surface area (Å²) in [5.74, 6) is 0. The average molecular weight is 252 g/mol. The van der Waals surface area contributed by atoms with Crippen LogP contribution in [-0.2, 0) is 10.8 Å². The van der Waals surface area contributed by atoms with E-state index in [1.165, 1.54) is 16.2 Å². The molecule has 0 fully saturated rings. The van der Waals surface area contributed by atoms with Crippen LogP contribution < -0.4 is 0 Å². The Balaban J connectivity index is 2.74. The molecule has 0 saturated heterocycles. The normalized spacial score (nSPS) is 10.0. The van der Waals surface area contributed by atoms with Crippen molar-refractivity contribution in [1.82, 2.24) is 0 Å². The van der Waals surface area contributed by atoms with Gasteiger partial charge in [0.15, 0.2) is 0 Å². The summed E-state index contributed by atoms with van der Waals surface area (Å²) in [5, 5.41) is 0. The summed E-state index contributed by atoms with van der Waals surface area (Å²) in [4.78, 5) is 2.99. The Morgan fingerprint density at radius 3 is 2.44 bits per heavy atom. The second kappa shape index (κ2) is 3.56. The third kappa shape index (κ3) is 1.93. The fraction of sp³-hybridized carbons (Fsp3) is 0.429. The molecule has 0 aliphatic carbocycles. The zero-order valence-corrected chi connectivity index (χ0v) is 8.33. The minimum absolute atomic E-state index is 1.16. The zero-order valence-electron chi connectivity index (χ0n) is 5.36. The predicted molar refractivity (Wildman–Crippen MR) is 51.4 cm³/mol. The van der Waals surface area contributed by atoms with Gasteiger partial charge in [-0.3, -0.25) is 0 Å². The van der Waals surface area contributed by atoms with Gasteiger partial charge in [-0.2, -0.15) is 0 Å². The largest absolute Gasteiger partial charge is 0.145 e. The summed E-state index contributed by atoms with van der Waals surface area (Å²) in [6.07, 6.45) is 1.18. The molecule has 0 unspecified atom stereocenters. The van der Waals surface area contributed by atoms with Crippen molar-refractivity contribution in [1.29, 1.82) is 0 Å². The Kier molecular flexibility index (Phi) is 2.98. The standard InChI is InChI=1S/C7H9IS/c1-2-6-3-4-7(5-8)9-6/h3-4H,2,5H2,1H3. The lowest BCUT2D eigenvalue weighted by Crippen LogP contribution is -1.64. The first-order chi connectivity index (χ1) is 4.36. The molecule has 0 nitrogen and oxygen atoms in total. The number of aryl methyl sites for hydroxylation is 1. The van der Waals surface area contributed by atoms with Crippen LogP contribution in [0.2, 0.25) is 0 Å². The Hall–Kier alpha value is 0.430. The number of hydrogen-bond acceptors (Lipinski definition) is 1. The Morgan fingerprint density at radius 2 is 2.11 bits per heavy atom. The van der Waals surface area contributed by atoms with Gasteiger partial charge in [-0.25, -0.2) is 0 Å². The molecule has 0 saturated carbocycles. The van der Waals surface area contributed by atoms with Crippen molar-refractivity contribution >= 4 is 33.9 Å². The van der Waals surface area contributed by atoms with Crippen LogP contribution >= 0.6 is 33.9 Å². The van der Waals surface area contributed by atoms with Crippen LogP contribution in [0.1, 0.15) is 16.7 Å². The smallest absolute Gasteiger partial charge is 0.0341 e. The van der Waals surface area contributed by atoms with E-state index in [9.17, 15) is 0 Å². The van der Waals surface area contributed by atoms with Crippen LogP contribution in [0.25, 0.3) is 0 Å². The minimum Gasteiger partial charge on any atom is -0.145 e. The van der Waals surface area contributed by atoms with Gasteiger partial charge in [0.05, 0.1) is 0 Å². The van der Waals surface area contributed by atoms with Crippen molar-refractivity contribution in [3.63, 3.8) is 0 Å². The van der Waals surface area contributed by atoms with Crippen molar-refractivity contribution in [2.45, 2.75) is 17.8 Å². The first kappa shape index (κ1) is 7.54. The van der Waals surface area contributed by atoms with Gasteiger partial charge < -0.3 is 0 Å². The topological polar surface area (TPSA) is 0 Å². The maximum absolute atomic E-state index is 2.39. The summed E-state index contributed by atoms with van der Waals surface area (Å²) in [6, 6.07) is 4.44. The van der Waals surface area contributed by atoms with Gasteiger partial charge in [0, 0.05) is 14.2 Å². The highest BCUT2D eigenvalue weighted by atomic mass is 127. The average Bonchev–Trinajstić information content (AvgIpc) is 2.34. The summed E-state index contributed by atoms with van der Waals surface area (Å²) in [6.45, 7) is 2.20. The Labute approximate surface area is 73.4 Å². The highest BCUT2D eigenvalue weighted by Gasteiger charge is 1.93. The summed E-state index contributed by atoms with van der Waals surface area (Å²) >= 11 is 4.32. The molecule has 0 aliphatic rings. The van der Waals surface area contributed by atoms with Gasteiger partial charge in [0.25, 0.3) is 0 Å². The van der Waals surface area contributed by atoms with Crippen molar-refractivity contribution in [2.75, 3.05) is 0 Å². The SMILES string of the molecule is CCc1ccc(CI)s1. The minimum atomic E-state index is 1.16. The van der Waals surface area contributed by atoms with Crippen LogP contribution in [0.5, 0.6) is 0 Å². The predicted octanol–water partition coefficient (Wildman–Crippen LogP) is 3.25. The molecule has 50 valence electrons. The van der Waals surface area contributed by atoms with E-state index in [-0.39, 0.29) is 0 Å². The van der Waals surface area contributed by atoms with E-state index >= 15 is 0 Å². The Bertz CT molecular complexity index is 162. The van der Waals surface area contributed by atoms with E-state index in [0.717, 1.165) is 4.43 Å². The van der Waals surface area contributed by atoms with Gasteiger partial charge in [-0.05, 0) is 18.6 Å². The highest BCUT2D eigenvalue weighted by molar-refractivity contribution is 14.1.